The fourth-order valence-electron chi connectivity index (χ4n) is 1.79. The van der Waals surface area contributed by atoms with Gasteiger partial charge in [0, 0.05) is 32.7 Å². The van der Waals surface area contributed by atoms with Crippen LogP contribution in [0, 0.1) is 0 Å². The molecule has 0 aliphatic heterocycles. The number of hydrogen-bond acceptors (Lipinski definition) is 6. The summed E-state index contributed by atoms with van der Waals surface area (Å²) in [6, 6.07) is 4.15. The van der Waals surface area contributed by atoms with Gasteiger partial charge >= 0.3 is 0 Å². The lowest BCUT2D eigenvalue weighted by molar-refractivity contribution is 0.573. The Labute approximate surface area is 177 Å². The normalized spacial score (nSPS) is 11.9. The molecule has 0 aliphatic carbocycles. The second-order valence-corrected chi connectivity index (χ2v) is 11.6. The summed E-state index contributed by atoms with van der Waals surface area (Å²) in [5, 5.41) is 4.11. The molecule has 150 valence electrons. The molecule has 0 saturated carbocycles. The molecule has 0 unspecified atom stereocenters. The van der Waals surface area contributed by atoms with Crippen molar-refractivity contribution in [3.05, 3.63) is 50.9 Å². The van der Waals surface area contributed by atoms with E-state index in [1.54, 1.807) is 22.9 Å². The average molecular weight is 424 g/mol. The van der Waals surface area contributed by atoms with Gasteiger partial charge in [-0.15, -0.1) is 11.3 Å². The molecule has 3 nitrogen and oxygen atoms in total. The van der Waals surface area contributed by atoms with E-state index < -0.39 is 0 Å². The van der Waals surface area contributed by atoms with Crippen molar-refractivity contribution in [1.82, 2.24) is 13.7 Å². The van der Waals surface area contributed by atoms with Crippen LogP contribution in [0.3, 0.4) is 0 Å². The van der Waals surface area contributed by atoms with Crippen molar-refractivity contribution in [3.63, 3.8) is 0 Å². The van der Waals surface area contributed by atoms with Crippen molar-refractivity contribution in [2.45, 2.75) is 78.6 Å². The Morgan fingerprint density at radius 2 is 1.41 bits per heavy atom. The number of thiazole rings is 1. The first kappa shape index (κ1) is 23.9. The fourth-order valence-corrected chi connectivity index (χ4v) is 3.89. The zero-order valence-corrected chi connectivity index (χ0v) is 20.5. The monoisotopic (exact) mass is 423 g/mol. The standard InChI is InChI=1S/3C7H11NS/c1-7(2,3)6-4-9-5-8-6;1-7(2,3)6-4-5-9-8-6;1-7(2,3)6-4-5-8-9-6/h3*4-5H,1-3H3. The van der Waals surface area contributed by atoms with Crippen molar-refractivity contribution >= 4 is 34.4 Å². The van der Waals surface area contributed by atoms with Gasteiger partial charge in [-0.1, -0.05) is 62.3 Å². The molecule has 0 amide bonds. The highest BCUT2D eigenvalue weighted by Crippen LogP contribution is 2.24. The first-order chi connectivity index (χ1) is 12.3. The summed E-state index contributed by atoms with van der Waals surface area (Å²) in [6.45, 7) is 19.6. The predicted molar refractivity (Wildman–Crippen MR) is 122 cm³/mol. The van der Waals surface area contributed by atoms with Crippen LogP contribution >= 0.6 is 34.4 Å². The van der Waals surface area contributed by atoms with E-state index in [0.29, 0.717) is 0 Å². The zero-order valence-electron chi connectivity index (χ0n) is 18.0. The van der Waals surface area contributed by atoms with Crippen LogP contribution in [-0.2, 0) is 16.2 Å². The molecule has 0 spiro atoms. The Bertz CT molecular complexity index is 619. The van der Waals surface area contributed by atoms with Crippen LogP contribution in [0.5, 0.6) is 0 Å². The second kappa shape index (κ2) is 9.89. The molecule has 0 N–H and O–H groups in total. The van der Waals surface area contributed by atoms with E-state index in [-0.39, 0.29) is 16.2 Å². The number of aromatic nitrogens is 3. The number of hydrogen-bond donors (Lipinski definition) is 0. The first-order valence-electron chi connectivity index (χ1n) is 9.02. The van der Waals surface area contributed by atoms with Crippen LogP contribution in [0.15, 0.2) is 34.6 Å². The second-order valence-electron chi connectivity index (χ2n) is 9.39. The molecule has 0 atom stereocenters. The van der Waals surface area contributed by atoms with Crippen LogP contribution in [0.1, 0.15) is 78.6 Å². The number of rotatable bonds is 0. The van der Waals surface area contributed by atoms with Crippen molar-refractivity contribution in [2.24, 2.45) is 0 Å². The van der Waals surface area contributed by atoms with E-state index in [1.807, 2.05) is 17.1 Å². The highest BCUT2D eigenvalue weighted by Gasteiger charge is 2.15. The van der Waals surface area contributed by atoms with Crippen molar-refractivity contribution in [3.8, 4) is 0 Å². The van der Waals surface area contributed by atoms with Crippen LogP contribution in [-0.4, -0.2) is 13.7 Å². The van der Waals surface area contributed by atoms with Crippen LogP contribution < -0.4 is 0 Å². The van der Waals surface area contributed by atoms with E-state index >= 15 is 0 Å². The quantitative estimate of drug-likeness (QED) is 0.380. The molecule has 3 aromatic rings. The molecule has 3 rings (SSSR count). The van der Waals surface area contributed by atoms with Crippen LogP contribution in [0.25, 0.3) is 0 Å². The average Bonchev–Trinajstić information content (AvgIpc) is 3.28. The summed E-state index contributed by atoms with van der Waals surface area (Å²) in [5.41, 5.74) is 4.97. The highest BCUT2D eigenvalue weighted by molar-refractivity contribution is 7.07. The highest BCUT2D eigenvalue weighted by atomic mass is 32.1. The first-order valence-corrected chi connectivity index (χ1v) is 11.6. The lowest BCUT2D eigenvalue weighted by Crippen LogP contribution is -2.10. The molecule has 0 saturated heterocycles. The summed E-state index contributed by atoms with van der Waals surface area (Å²) in [4.78, 5) is 5.56. The summed E-state index contributed by atoms with van der Waals surface area (Å²) < 4.78 is 8.26. The minimum atomic E-state index is 0.222. The van der Waals surface area contributed by atoms with Gasteiger partial charge in [0.2, 0.25) is 0 Å². The molecule has 3 heterocycles. The molecule has 0 aromatic carbocycles. The Hall–Kier alpha value is -1.11. The van der Waals surface area contributed by atoms with Gasteiger partial charge in [0.15, 0.2) is 0 Å². The third-order valence-corrected chi connectivity index (χ3v) is 5.90. The van der Waals surface area contributed by atoms with Crippen LogP contribution in [0.2, 0.25) is 0 Å². The Morgan fingerprint density at radius 1 is 0.778 bits per heavy atom. The van der Waals surface area contributed by atoms with E-state index in [2.05, 4.69) is 93.6 Å². The largest absolute Gasteiger partial charge is 0.249 e. The Kier molecular flexibility index (Phi) is 8.77. The summed E-state index contributed by atoms with van der Waals surface area (Å²) in [5.74, 6) is 0. The lowest BCUT2D eigenvalue weighted by atomic mass is 9.93. The molecular weight excluding hydrogens is 390 g/mol. The minimum absolute atomic E-state index is 0.222. The summed E-state index contributed by atoms with van der Waals surface area (Å²) in [6.07, 6.45) is 1.85. The van der Waals surface area contributed by atoms with E-state index in [0.717, 1.165) is 0 Å². The smallest absolute Gasteiger partial charge is 0.0794 e. The van der Waals surface area contributed by atoms with Gasteiger partial charge in [0.05, 0.1) is 16.9 Å². The molecule has 0 radical (unpaired) electrons. The fraction of sp³-hybridized carbons (Fsp3) is 0.571. The van der Waals surface area contributed by atoms with E-state index in [1.165, 1.54) is 27.8 Å². The topological polar surface area (TPSA) is 38.7 Å². The number of nitrogens with zero attached hydrogens (tertiary/aromatic N) is 3. The SMILES string of the molecule is CC(C)(C)c1ccns1.CC(C)(C)c1ccsn1.CC(C)(C)c1cscn1. The molecule has 0 aliphatic rings. The molecule has 27 heavy (non-hydrogen) atoms. The molecule has 0 fully saturated rings. The maximum absolute atomic E-state index is 4.23. The van der Waals surface area contributed by atoms with Crippen molar-refractivity contribution in [2.75, 3.05) is 0 Å². The van der Waals surface area contributed by atoms with Crippen molar-refractivity contribution in [1.29, 1.82) is 0 Å². The van der Waals surface area contributed by atoms with Crippen molar-refractivity contribution < 1.29 is 0 Å². The minimum Gasteiger partial charge on any atom is -0.249 e. The van der Waals surface area contributed by atoms with E-state index in [9.17, 15) is 0 Å². The maximum Gasteiger partial charge on any atom is 0.0794 e. The van der Waals surface area contributed by atoms with Gasteiger partial charge in [-0.3, -0.25) is 0 Å². The molecular formula is C21H33N3S3. The molecule has 6 heteroatoms. The third-order valence-electron chi connectivity index (χ3n) is 3.58. The van der Waals surface area contributed by atoms with E-state index in [4.69, 9.17) is 0 Å². The molecule has 3 aromatic heterocycles. The Morgan fingerprint density at radius 3 is 1.63 bits per heavy atom. The van der Waals surface area contributed by atoms with Gasteiger partial charge in [-0.25, -0.2) is 9.36 Å². The van der Waals surface area contributed by atoms with Gasteiger partial charge in [-0.2, -0.15) is 4.37 Å². The third kappa shape index (κ3) is 9.08. The van der Waals surface area contributed by atoms with Gasteiger partial charge in [-0.05, 0) is 40.6 Å². The lowest BCUT2D eigenvalue weighted by Gasteiger charge is -2.13. The van der Waals surface area contributed by atoms with Gasteiger partial charge in [0.25, 0.3) is 0 Å². The van der Waals surface area contributed by atoms with Gasteiger partial charge < -0.3 is 0 Å². The van der Waals surface area contributed by atoms with Gasteiger partial charge in [0.1, 0.15) is 0 Å². The summed E-state index contributed by atoms with van der Waals surface area (Å²) in [7, 11) is 0. The Balaban J connectivity index is 0.000000202. The summed E-state index contributed by atoms with van der Waals surface area (Å²) >= 11 is 4.75. The van der Waals surface area contributed by atoms with Crippen LogP contribution in [0.4, 0.5) is 0 Å². The molecule has 0 bridgehead atoms. The maximum atomic E-state index is 4.23. The predicted octanol–water partition coefficient (Wildman–Crippen LogP) is 7.32. The zero-order chi connectivity index (χ0) is 20.7.